The summed E-state index contributed by atoms with van der Waals surface area (Å²) in [5.41, 5.74) is 3.10. The summed E-state index contributed by atoms with van der Waals surface area (Å²) in [4.78, 5) is 5.64. The molecule has 0 aliphatic heterocycles. The van der Waals surface area contributed by atoms with Crippen LogP contribution in [0.15, 0.2) is 63.4 Å². The Bertz CT molecular complexity index is 869. The lowest BCUT2D eigenvalue weighted by Crippen LogP contribution is -2.16. The Morgan fingerprint density at radius 2 is 1.79 bits per heavy atom. The van der Waals surface area contributed by atoms with Gasteiger partial charge in [0, 0.05) is 28.0 Å². The number of aliphatic hydroxyl groups is 1. The zero-order chi connectivity index (χ0) is 16.9. The first-order chi connectivity index (χ1) is 11.7. The van der Waals surface area contributed by atoms with Crippen molar-refractivity contribution >= 4 is 44.6 Å². The molecule has 1 heterocycles. The summed E-state index contributed by atoms with van der Waals surface area (Å²) in [6, 6.07) is 15.7. The number of nitrogens with zero attached hydrogens (tertiary/aromatic N) is 2. The van der Waals surface area contributed by atoms with Crippen molar-refractivity contribution in [2.45, 2.75) is 13.0 Å². The molecule has 124 valence electrons. The van der Waals surface area contributed by atoms with Crippen LogP contribution in [-0.2, 0) is 6.54 Å². The summed E-state index contributed by atoms with van der Waals surface area (Å²) in [7, 11) is 0. The van der Waals surface area contributed by atoms with E-state index >= 15 is 0 Å². The lowest BCUT2D eigenvalue weighted by molar-refractivity contribution is 0.279. The van der Waals surface area contributed by atoms with E-state index in [1.807, 2.05) is 36.4 Å². The van der Waals surface area contributed by atoms with Crippen LogP contribution < -0.4 is 4.80 Å². The summed E-state index contributed by atoms with van der Waals surface area (Å²) < 4.78 is 3.20. The minimum atomic E-state index is 0.156. The molecule has 0 amide bonds. The second kappa shape index (κ2) is 8.12. The summed E-state index contributed by atoms with van der Waals surface area (Å²) in [6.07, 6.45) is 0.689. The zero-order valence-corrected chi connectivity index (χ0v) is 16.0. The fraction of sp³-hybridized carbons (Fsp3) is 0.167. The molecule has 0 saturated heterocycles. The molecule has 0 atom stereocenters. The van der Waals surface area contributed by atoms with Crippen LogP contribution in [-0.4, -0.2) is 16.3 Å². The van der Waals surface area contributed by atoms with Gasteiger partial charge in [-0.05, 0) is 48.4 Å². The highest BCUT2D eigenvalue weighted by Gasteiger charge is 2.08. The standard InChI is InChI=1S/C18H16BrClN2OS/c19-14-4-2-13(3-5-14)17-12-24-18(22(17)10-1-11-23)21-16-8-6-15(20)7-9-16/h2-9,12,23H,1,10-11H2. The van der Waals surface area contributed by atoms with Crippen molar-refractivity contribution in [1.82, 2.24) is 4.57 Å². The largest absolute Gasteiger partial charge is 0.396 e. The fourth-order valence-corrected chi connectivity index (χ4v) is 3.69. The third-order valence-electron chi connectivity index (χ3n) is 3.53. The van der Waals surface area contributed by atoms with Crippen molar-refractivity contribution < 1.29 is 5.11 Å². The molecule has 24 heavy (non-hydrogen) atoms. The number of hydrogen-bond donors (Lipinski definition) is 1. The van der Waals surface area contributed by atoms with Gasteiger partial charge in [-0.25, -0.2) is 4.99 Å². The summed E-state index contributed by atoms with van der Waals surface area (Å²) in [5.74, 6) is 0. The third kappa shape index (κ3) is 4.16. The van der Waals surface area contributed by atoms with Crippen molar-refractivity contribution in [3.63, 3.8) is 0 Å². The highest BCUT2D eigenvalue weighted by molar-refractivity contribution is 9.10. The fourth-order valence-electron chi connectivity index (χ4n) is 2.34. The molecule has 0 saturated carbocycles. The van der Waals surface area contributed by atoms with Gasteiger partial charge < -0.3 is 9.67 Å². The molecule has 1 N–H and O–H groups in total. The molecule has 0 fully saturated rings. The molecule has 0 radical (unpaired) electrons. The number of aliphatic hydroxyl groups excluding tert-OH is 1. The van der Waals surface area contributed by atoms with Gasteiger partial charge in [0.25, 0.3) is 0 Å². The molecule has 3 rings (SSSR count). The van der Waals surface area contributed by atoms with Gasteiger partial charge in [-0.15, -0.1) is 11.3 Å². The predicted molar refractivity (Wildman–Crippen MR) is 104 cm³/mol. The molecule has 2 aromatic carbocycles. The van der Waals surface area contributed by atoms with Crippen LogP contribution in [0.3, 0.4) is 0 Å². The molecule has 6 heteroatoms. The van der Waals surface area contributed by atoms with E-state index in [1.54, 1.807) is 11.3 Å². The molecule has 0 unspecified atom stereocenters. The number of rotatable bonds is 5. The molecule has 0 aliphatic carbocycles. The van der Waals surface area contributed by atoms with Crippen molar-refractivity contribution in [2.24, 2.45) is 4.99 Å². The number of benzene rings is 2. The van der Waals surface area contributed by atoms with E-state index in [2.05, 4.69) is 38.0 Å². The average Bonchev–Trinajstić information content (AvgIpc) is 2.98. The molecular weight excluding hydrogens is 408 g/mol. The Hall–Kier alpha value is -1.40. The smallest absolute Gasteiger partial charge is 0.190 e. The van der Waals surface area contributed by atoms with E-state index < -0.39 is 0 Å². The lowest BCUT2D eigenvalue weighted by Gasteiger charge is -2.08. The van der Waals surface area contributed by atoms with Gasteiger partial charge in [0.15, 0.2) is 4.80 Å². The maximum Gasteiger partial charge on any atom is 0.190 e. The molecule has 0 spiro atoms. The Kier molecular flexibility index (Phi) is 5.89. The summed E-state index contributed by atoms with van der Waals surface area (Å²) in [6.45, 7) is 0.876. The Labute approximate surface area is 158 Å². The molecule has 3 nitrogen and oxygen atoms in total. The molecular formula is C18H16BrClN2OS. The molecule has 0 bridgehead atoms. The molecule has 3 aromatic rings. The summed E-state index contributed by atoms with van der Waals surface area (Å²) in [5, 5.41) is 12.0. The van der Waals surface area contributed by atoms with Crippen molar-refractivity contribution in [3.05, 3.63) is 68.2 Å². The second-order valence-corrected chi connectivity index (χ2v) is 7.42. The van der Waals surface area contributed by atoms with E-state index in [0.717, 1.165) is 32.8 Å². The Morgan fingerprint density at radius 1 is 1.08 bits per heavy atom. The van der Waals surface area contributed by atoms with Crippen molar-refractivity contribution in [3.8, 4) is 11.3 Å². The number of thiazole rings is 1. The minimum absolute atomic E-state index is 0.156. The van der Waals surface area contributed by atoms with Crippen LogP contribution >= 0.6 is 38.9 Å². The van der Waals surface area contributed by atoms with E-state index in [1.165, 1.54) is 0 Å². The van der Waals surface area contributed by atoms with Gasteiger partial charge in [-0.3, -0.25) is 0 Å². The van der Waals surface area contributed by atoms with Crippen LogP contribution in [0.4, 0.5) is 5.69 Å². The van der Waals surface area contributed by atoms with E-state index in [-0.39, 0.29) is 6.61 Å². The maximum atomic E-state index is 9.21. The van der Waals surface area contributed by atoms with Gasteiger partial charge in [0.1, 0.15) is 0 Å². The number of halogens is 2. The van der Waals surface area contributed by atoms with Crippen LogP contribution in [0.25, 0.3) is 11.3 Å². The monoisotopic (exact) mass is 422 g/mol. The van der Waals surface area contributed by atoms with Crippen LogP contribution in [0, 0.1) is 0 Å². The Balaban J connectivity index is 2.06. The summed E-state index contributed by atoms with van der Waals surface area (Å²) >= 11 is 11.0. The van der Waals surface area contributed by atoms with E-state index in [0.29, 0.717) is 11.4 Å². The third-order valence-corrected chi connectivity index (χ3v) is 5.17. The first kappa shape index (κ1) is 17.4. The first-order valence-electron chi connectivity index (χ1n) is 7.53. The number of hydrogen-bond acceptors (Lipinski definition) is 3. The van der Waals surface area contributed by atoms with Crippen LogP contribution in [0.1, 0.15) is 6.42 Å². The van der Waals surface area contributed by atoms with Gasteiger partial charge >= 0.3 is 0 Å². The van der Waals surface area contributed by atoms with Crippen LogP contribution in [0.5, 0.6) is 0 Å². The second-order valence-electron chi connectivity index (χ2n) is 5.23. The molecule has 1 aromatic heterocycles. The highest BCUT2D eigenvalue weighted by atomic mass is 79.9. The van der Waals surface area contributed by atoms with Gasteiger partial charge in [0.2, 0.25) is 0 Å². The van der Waals surface area contributed by atoms with Gasteiger partial charge in [0.05, 0.1) is 11.4 Å². The first-order valence-corrected chi connectivity index (χ1v) is 9.58. The normalized spacial score (nSPS) is 11.9. The maximum absolute atomic E-state index is 9.21. The predicted octanol–water partition coefficient (Wildman–Crippen LogP) is 5.25. The van der Waals surface area contributed by atoms with Crippen molar-refractivity contribution in [2.75, 3.05) is 6.61 Å². The van der Waals surface area contributed by atoms with E-state index in [4.69, 9.17) is 16.6 Å². The average molecular weight is 424 g/mol. The topological polar surface area (TPSA) is 37.5 Å². The SMILES string of the molecule is OCCCn1c(-c2ccc(Br)cc2)csc1=Nc1ccc(Cl)cc1. The zero-order valence-electron chi connectivity index (χ0n) is 12.8. The van der Waals surface area contributed by atoms with Gasteiger partial charge in [-0.2, -0.15) is 0 Å². The highest BCUT2D eigenvalue weighted by Crippen LogP contribution is 2.23. The van der Waals surface area contributed by atoms with Crippen molar-refractivity contribution in [1.29, 1.82) is 0 Å². The van der Waals surface area contributed by atoms with Gasteiger partial charge in [-0.1, -0.05) is 39.7 Å². The van der Waals surface area contributed by atoms with E-state index in [9.17, 15) is 5.11 Å². The molecule has 0 aliphatic rings. The minimum Gasteiger partial charge on any atom is -0.396 e. The Morgan fingerprint density at radius 3 is 2.46 bits per heavy atom. The van der Waals surface area contributed by atoms with Crippen LogP contribution in [0.2, 0.25) is 5.02 Å². The lowest BCUT2D eigenvalue weighted by atomic mass is 10.2. The number of aromatic nitrogens is 1. The quantitative estimate of drug-likeness (QED) is 0.598.